The van der Waals surface area contributed by atoms with Crippen LogP contribution < -0.4 is 5.32 Å². The summed E-state index contributed by atoms with van der Waals surface area (Å²) in [5.74, 6) is -0.909. The summed E-state index contributed by atoms with van der Waals surface area (Å²) in [6, 6.07) is 14.9. The SMILES string of the molecule is O=C(O)c1ccc(NCc2c[nH]c3ccccc23)cc1. The van der Waals surface area contributed by atoms with Gasteiger partial charge in [-0.1, -0.05) is 18.2 Å². The standard InChI is InChI=1S/C16H14N2O2/c19-16(20)11-5-7-13(8-6-11)17-9-12-10-18-15-4-2-1-3-14(12)15/h1-8,10,17-18H,9H2,(H,19,20). The molecule has 3 aromatic rings. The van der Waals surface area contributed by atoms with Crippen LogP contribution in [0, 0.1) is 0 Å². The van der Waals surface area contributed by atoms with Gasteiger partial charge in [0.2, 0.25) is 0 Å². The number of aromatic nitrogens is 1. The van der Waals surface area contributed by atoms with Gasteiger partial charge in [0.25, 0.3) is 0 Å². The number of nitrogens with one attached hydrogen (secondary N) is 2. The van der Waals surface area contributed by atoms with Crippen molar-refractivity contribution in [1.82, 2.24) is 4.98 Å². The van der Waals surface area contributed by atoms with Gasteiger partial charge >= 0.3 is 5.97 Å². The third kappa shape index (κ3) is 2.36. The second kappa shape index (κ2) is 5.09. The predicted octanol–water partition coefficient (Wildman–Crippen LogP) is 3.48. The number of carboxylic acid groups (broad SMARTS) is 1. The van der Waals surface area contributed by atoms with Crippen LogP contribution in [0.25, 0.3) is 10.9 Å². The molecule has 0 spiro atoms. The average Bonchev–Trinajstić information content (AvgIpc) is 2.89. The summed E-state index contributed by atoms with van der Waals surface area (Å²) in [4.78, 5) is 14.0. The van der Waals surface area contributed by atoms with Crippen molar-refractivity contribution in [3.63, 3.8) is 0 Å². The molecule has 2 aromatic carbocycles. The number of aromatic amines is 1. The van der Waals surface area contributed by atoms with E-state index in [-0.39, 0.29) is 0 Å². The maximum Gasteiger partial charge on any atom is 0.335 e. The minimum atomic E-state index is -0.909. The minimum absolute atomic E-state index is 0.294. The molecule has 0 aliphatic carbocycles. The molecule has 20 heavy (non-hydrogen) atoms. The summed E-state index contributed by atoms with van der Waals surface area (Å²) < 4.78 is 0. The van der Waals surface area contributed by atoms with Crippen molar-refractivity contribution in [2.75, 3.05) is 5.32 Å². The van der Waals surface area contributed by atoms with Crippen molar-refractivity contribution in [3.8, 4) is 0 Å². The normalized spacial score (nSPS) is 10.6. The molecule has 3 rings (SSSR count). The quantitative estimate of drug-likeness (QED) is 0.677. The molecule has 0 fully saturated rings. The number of benzene rings is 2. The molecule has 0 aliphatic rings. The fraction of sp³-hybridized carbons (Fsp3) is 0.0625. The summed E-state index contributed by atoms with van der Waals surface area (Å²) in [6.07, 6.45) is 1.99. The molecule has 0 saturated carbocycles. The molecular weight excluding hydrogens is 252 g/mol. The molecular formula is C16H14N2O2. The maximum atomic E-state index is 10.8. The minimum Gasteiger partial charge on any atom is -0.478 e. The van der Waals surface area contributed by atoms with Crippen molar-refractivity contribution in [1.29, 1.82) is 0 Å². The van der Waals surface area contributed by atoms with Gasteiger partial charge in [-0.3, -0.25) is 0 Å². The van der Waals surface area contributed by atoms with E-state index in [2.05, 4.69) is 16.4 Å². The van der Waals surface area contributed by atoms with Crippen molar-refractivity contribution < 1.29 is 9.90 Å². The Labute approximate surface area is 116 Å². The molecule has 0 amide bonds. The van der Waals surface area contributed by atoms with E-state index in [1.54, 1.807) is 24.3 Å². The summed E-state index contributed by atoms with van der Waals surface area (Å²) in [7, 11) is 0. The summed E-state index contributed by atoms with van der Waals surface area (Å²) in [6.45, 7) is 0.691. The first-order valence-electron chi connectivity index (χ1n) is 6.36. The van der Waals surface area contributed by atoms with Gasteiger partial charge in [-0.15, -0.1) is 0 Å². The van der Waals surface area contributed by atoms with Crippen LogP contribution in [-0.2, 0) is 6.54 Å². The third-order valence-electron chi connectivity index (χ3n) is 3.29. The van der Waals surface area contributed by atoms with Gasteiger partial charge < -0.3 is 15.4 Å². The molecule has 1 heterocycles. The fourth-order valence-corrected chi connectivity index (χ4v) is 2.21. The zero-order chi connectivity index (χ0) is 13.9. The van der Waals surface area contributed by atoms with E-state index in [0.29, 0.717) is 12.1 Å². The number of aromatic carboxylic acids is 1. The van der Waals surface area contributed by atoms with E-state index in [1.807, 2.05) is 24.4 Å². The molecule has 4 nitrogen and oxygen atoms in total. The highest BCUT2D eigenvalue weighted by atomic mass is 16.4. The van der Waals surface area contributed by atoms with E-state index in [1.165, 1.54) is 10.9 Å². The first kappa shape index (κ1) is 12.3. The molecule has 3 N–H and O–H groups in total. The highest BCUT2D eigenvalue weighted by Gasteiger charge is 2.04. The molecule has 0 aliphatic heterocycles. The Kier molecular flexibility index (Phi) is 3.13. The number of carbonyl (C=O) groups is 1. The van der Waals surface area contributed by atoms with Gasteiger partial charge in [0, 0.05) is 29.3 Å². The van der Waals surface area contributed by atoms with Gasteiger partial charge in [0.1, 0.15) is 0 Å². The summed E-state index contributed by atoms with van der Waals surface area (Å²) in [5, 5.41) is 13.3. The van der Waals surface area contributed by atoms with Gasteiger partial charge in [-0.05, 0) is 35.9 Å². The molecule has 100 valence electrons. The summed E-state index contributed by atoms with van der Waals surface area (Å²) >= 11 is 0. The van der Waals surface area contributed by atoms with Crippen LogP contribution in [0.1, 0.15) is 15.9 Å². The number of anilines is 1. The van der Waals surface area contributed by atoms with Gasteiger partial charge in [0.05, 0.1) is 5.56 Å². The first-order valence-corrected chi connectivity index (χ1v) is 6.36. The summed E-state index contributed by atoms with van der Waals surface area (Å²) in [5.41, 5.74) is 3.50. The first-order chi connectivity index (χ1) is 9.74. The largest absolute Gasteiger partial charge is 0.478 e. The highest BCUT2D eigenvalue weighted by molar-refractivity contribution is 5.88. The zero-order valence-electron chi connectivity index (χ0n) is 10.8. The number of H-pyrrole nitrogens is 1. The number of hydrogen-bond acceptors (Lipinski definition) is 2. The van der Waals surface area contributed by atoms with Gasteiger partial charge in [0.15, 0.2) is 0 Å². The third-order valence-corrected chi connectivity index (χ3v) is 3.29. The van der Waals surface area contributed by atoms with Crippen molar-refractivity contribution in [2.24, 2.45) is 0 Å². The Morgan fingerprint density at radius 1 is 1.10 bits per heavy atom. The van der Waals surface area contributed by atoms with E-state index in [0.717, 1.165) is 11.2 Å². The molecule has 0 unspecified atom stereocenters. The Bertz CT molecular complexity index is 745. The van der Waals surface area contributed by atoms with Gasteiger partial charge in [-0.25, -0.2) is 4.79 Å². The Balaban J connectivity index is 1.74. The van der Waals surface area contributed by atoms with E-state index >= 15 is 0 Å². The van der Waals surface area contributed by atoms with Crippen LogP contribution >= 0.6 is 0 Å². The number of rotatable bonds is 4. The predicted molar refractivity (Wildman–Crippen MR) is 79.0 cm³/mol. The van der Waals surface area contributed by atoms with Crippen LogP contribution in [0.4, 0.5) is 5.69 Å². The topological polar surface area (TPSA) is 65.1 Å². The molecule has 0 radical (unpaired) electrons. The number of para-hydroxylation sites is 1. The highest BCUT2D eigenvalue weighted by Crippen LogP contribution is 2.19. The number of carboxylic acids is 1. The Hall–Kier alpha value is -2.75. The van der Waals surface area contributed by atoms with Crippen LogP contribution in [0.3, 0.4) is 0 Å². The lowest BCUT2D eigenvalue weighted by Crippen LogP contribution is -2.00. The fourth-order valence-electron chi connectivity index (χ4n) is 2.21. The van der Waals surface area contributed by atoms with Crippen LogP contribution in [0.5, 0.6) is 0 Å². The van der Waals surface area contributed by atoms with Crippen LogP contribution in [-0.4, -0.2) is 16.1 Å². The van der Waals surface area contributed by atoms with Crippen LogP contribution in [0.2, 0.25) is 0 Å². The maximum absolute atomic E-state index is 10.8. The van der Waals surface area contributed by atoms with E-state index in [9.17, 15) is 4.79 Å². The number of hydrogen-bond donors (Lipinski definition) is 3. The van der Waals surface area contributed by atoms with Crippen LogP contribution in [0.15, 0.2) is 54.7 Å². The van der Waals surface area contributed by atoms with Gasteiger partial charge in [-0.2, -0.15) is 0 Å². The molecule has 4 heteroatoms. The van der Waals surface area contributed by atoms with E-state index in [4.69, 9.17) is 5.11 Å². The molecule has 1 aromatic heterocycles. The van der Waals surface area contributed by atoms with Crippen molar-refractivity contribution >= 4 is 22.6 Å². The Morgan fingerprint density at radius 2 is 1.85 bits per heavy atom. The van der Waals surface area contributed by atoms with Crippen molar-refractivity contribution in [3.05, 3.63) is 65.9 Å². The monoisotopic (exact) mass is 266 g/mol. The second-order valence-electron chi connectivity index (χ2n) is 4.60. The smallest absolute Gasteiger partial charge is 0.335 e. The average molecular weight is 266 g/mol. The number of fused-ring (bicyclic) bond motifs is 1. The lowest BCUT2D eigenvalue weighted by atomic mass is 10.1. The zero-order valence-corrected chi connectivity index (χ0v) is 10.8. The lowest BCUT2D eigenvalue weighted by Gasteiger charge is -2.06. The molecule has 0 bridgehead atoms. The van der Waals surface area contributed by atoms with Crippen molar-refractivity contribution in [2.45, 2.75) is 6.54 Å². The lowest BCUT2D eigenvalue weighted by molar-refractivity contribution is 0.0697. The second-order valence-corrected chi connectivity index (χ2v) is 4.60. The molecule has 0 saturated heterocycles. The Morgan fingerprint density at radius 3 is 2.60 bits per heavy atom. The van der Waals surface area contributed by atoms with E-state index < -0.39 is 5.97 Å². The molecule has 0 atom stereocenters.